The molecule has 2 aromatic carbocycles. The standard InChI is InChI=1S/C19H16ClN3O2/c1-12-7-15(20)5-6-17(12)22-19(25)14-9-18(24)23(11-14)16-4-2-3-13(8-16)10-21/h2-8,14H,9,11H2,1H3,(H,22,25). The van der Waals surface area contributed by atoms with Crippen LogP contribution in [-0.4, -0.2) is 18.4 Å². The number of hydrogen-bond donors (Lipinski definition) is 1. The smallest absolute Gasteiger partial charge is 0.229 e. The molecule has 6 heteroatoms. The first-order valence-corrected chi connectivity index (χ1v) is 8.23. The molecule has 0 radical (unpaired) electrons. The fourth-order valence-electron chi connectivity index (χ4n) is 2.88. The minimum Gasteiger partial charge on any atom is -0.326 e. The highest BCUT2D eigenvalue weighted by atomic mass is 35.5. The molecule has 126 valence electrons. The van der Waals surface area contributed by atoms with Gasteiger partial charge in [-0.1, -0.05) is 17.7 Å². The largest absolute Gasteiger partial charge is 0.326 e. The van der Waals surface area contributed by atoms with Gasteiger partial charge in [-0.3, -0.25) is 9.59 Å². The monoisotopic (exact) mass is 353 g/mol. The highest BCUT2D eigenvalue weighted by Gasteiger charge is 2.35. The highest BCUT2D eigenvalue weighted by molar-refractivity contribution is 6.30. The number of carbonyl (C=O) groups is 2. The molecule has 0 aliphatic carbocycles. The van der Waals surface area contributed by atoms with E-state index in [1.165, 1.54) is 0 Å². The van der Waals surface area contributed by atoms with Crippen LogP contribution >= 0.6 is 11.6 Å². The van der Waals surface area contributed by atoms with Gasteiger partial charge < -0.3 is 10.2 Å². The fourth-order valence-corrected chi connectivity index (χ4v) is 3.10. The zero-order chi connectivity index (χ0) is 18.0. The van der Waals surface area contributed by atoms with Gasteiger partial charge in [-0.25, -0.2) is 0 Å². The second-order valence-corrected chi connectivity index (χ2v) is 6.45. The van der Waals surface area contributed by atoms with E-state index < -0.39 is 5.92 Å². The van der Waals surface area contributed by atoms with Crippen LogP contribution in [0.4, 0.5) is 11.4 Å². The summed E-state index contributed by atoms with van der Waals surface area (Å²) >= 11 is 5.92. The number of carbonyl (C=O) groups excluding carboxylic acids is 2. The van der Waals surface area contributed by atoms with Gasteiger partial charge in [0.05, 0.1) is 17.6 Å². The zero-order valence-electron chi connectivity index (χ0n) is 13.6. The van der Waals surface area contributed by atoms with Crippen LogP contribution in [0.3, 0.4) is 0 Å². The van der Waals surface area contributed by atoms with Crippen LogP contribution in [0, 0.1) is 24.2 Å². The number of aryl methyl sites for hydroxylation is 1. The Labute approximate surface area is 150 Å². The van der Waals surface area contributed by atoms with Crippen molar-refractivity contribution in [3.8, 4) is 6.07 Å². The Bertz CT molecular complexity index is 888. The van der Waals surface area contributed by atoms with E-state index >= 15 is 0 Å². The second-order valence-electron chi connectivity index (χ2n) is 6.02. The first-order valence-electron chi connectivity index (χ1n) is 7.85. The van der Waals surface area contributed by atoms with E-state index in [4.69, 9.17) is 16.9 Å². The third-order valence-corrected chi connectivity index (χ3v) is 4.46. The van der Waals surface area contributed by atoms with Crippen molar-refractivity contribution in [2.24, 2.45) is 5.92 Å². The molecule has 0 aromatic heterocycles. The molecule has 1 atom stereocenters. The van der Waals surface area contributed by atoms with E-state index in [9.17, 15) is 9.59 Å². The second kappa shape index (κ2) is 6.96. The summed E-state index contributed by atoms with van der Waals surface area (Å²) < 4.78 is 0. The minimum atomic E-state index is -0.437. The van der Waals surface area contributed by atoms with Gasteiger partial charge in [0.1, 0.15) is 0 Å². The minimum absolute atomic E-state index is 0.122. The van der Waals surface area contributed by atoms with Gasteiger partial charge in [0, 0.05) is 29.4 Å². The molecule has 1 aliphatic heterocycles. The number of halogens is 1. The lowest BCUT2D eigenvalue weighted by atomic mass is 10.1. The summed E-state index contributed by atoms with van der Waals surface area (Å²) in [5.41, 5.74) is 2.67. The molecular formula is C19H16ClN3O2. The Hall–Kier alpha value is -2.84. The van der Waals surface area contributed by atoms with Crippen molar-refractivity contribution in [1.82, 2.24) is 0 Å². The third kappa shape index (κ3) is 3.65. The van der Waals surface area contributed by atoms with Gasteiger partial charge in [0.25, 0.3) is 0 Å². The number of amides is 2. The molecule has 0 spiro atoms. The molecule has 1 fully saturated rings. The van der Waals surface area contributed by atoms with Crippen molar-refractivity contribution in [3.05, 3.63) is 58.6 Å². The maximum atomic E-state index is 12.5. The van der Waals surface area contributed by atoms with E-state index in [2.05, 4.69) is 11.4 Å². The van der Waals surface area contributed by atoms with E-state index in [-0.39, 0.29) is 18.2 Å². The van der Waals surface area contributed by atoms with Gasteiger partial charge in [-0.15, -0.1) is 0 Å². The molecule has 1 N–H and O–H groups in total. The molecule has 0 saturated carbocycles. The van der Waals surface area contributed by atoms with Crippen LogP contribution in [0.1, 0.15) is 17.5 Å². The summed E-state index contributed by atoms with van der Waals surface area (Å²) in [6, 6.07) is 14.1. The van der Waals surface area contributed by atoms with E-state index in [0.717, 1.165) is 5.56 Å². The number of hydrogen-bond acceptors (Lipinski definition) is 3. The summed E-state index contributed by atoms with van der Waals surface area (Å²) in [5, 5.41) is 12.5. The van der Waals surface area contributed by atoms with E-state index in [0.29, 0.717) is 28.5 Å². The Morgan fingerprint density at radius 3 is 2.84 bits per heavy atom. The average molecular weight is 354 g/mol. The lowest BCUT2D eigenvalue weighted by Crippen LogP contribution is -2.28. The molecule has 3 rings (SSSR count). The molecule has 5 nitrogen and oxygen atoms in total. The summed E-state index contributed by atoms with van der Waals surface area (Å²) in [6.07, 6.45) is 0.148. The molecule has 25 heavy (non-hydrogen) atoms. The Morgan fingerprint density at radius 2 is 2.12 bits per heavy atom. The van der Waals surface area contributed by atoms with Crippen molar-refractivity contribution in [3.63, 3.8) is 0 Å². The maximum Gasteiger partial charge on any atom is 0.229 e. The van der Waals surface area contributed by atoms with Gasteiger partial charge in [0.15, 0.2) is 0 Å². The highest BCUT2D eigenvalue weighted by Crippen LogP contribution is 2.27. The third-order valence-electron chi connectivity index (χ3n) is 4.23. The first kappa shape index (κ1) is 17.0. The summed E-state index contributed by atoms with van der Waals surface area (Å²) in [4.78, 5) is 26.4. The van der Waals surface area contributed by atoms with E-state index in [1.54, 1.807) is 47.4 Å². The van der Waals surface area contributed by atoms with Crippen LogP contribution in [-0.2, 0) is 9.59 Å². The first-order chi connectivity index (χ1) is 12.0. The lowest BCUT2D eigenvalue weighted by molar-refractivity contribution is -0.122. The summed E-state index contributed by atoms with van der Waals surface area (Å²) in [5.74, 6) is -0.755. The van der Waals surface area contributed by atoms with Crippen LogP contribution in [0.15, 0.2) is 42.5 Å². The van der Waals surface area contributed by atoms with Crippen molar-refractivity contribution < 1.29 is 9.59 Å². The molecule has 1 unspecified atom stereocenters. The molecule has 2 aromatic rings. The van der Waals surface area contributed by atoms with Gasteiger partial charge in [0.2, 0.25) is 11.8 Å². The SMILES string of the molecule is Cc1cc(Cl)ccc1NC(=O)C1CC(=O)N(c2cccc(C#N)c2)C1. The van der Waals surface area contributed by atoms with E-state index in [1.807, 2.05) is 6.92 Å². The fraction of sp³-hybridized carbons (Fsp3) is 0.211. The Balaban J connectivity index is 1.73. The van der Waals surface area contributed by atoms with Crippen LogP contribution < -0.4 is 10.2 Å². The predicted octanol–water partition coefficient (Wildman–Crippen LogP) is 3.51. The molecule has 1 saturated heterocycles. The summed E-state index contributed by atoms with van der Waals surface area (Å²) in [6.45, 7) is 2.16. The van der Waals surface area contributed by atoms with Crippen LogP contribution in [0.5, 0.6) is 0 Å². The molecule has 1 heterocycles. The topological polar surface area (TPSA) is 73.2 Å². The van der Waals surface area contributed by atoms with Gasteiger partial charge in [-0.2, -0.15) is 5.26 Å². The average Bonchev–Trinajstić information content (AvgIpc) is 2.99. The van der Waals surface area contributed by atoms with Crippen LogP contribution in [0.25, 0.3) is 0 Å². The number of nitriles is 1. The number of anilines is 2. The number of nitrogens with one attached hydrogen (secondary N) is 1. The normalized spacial score (nSPS) is 16.6. The van der Waals surface area contributed by atoms with Crippen molar-refractivity contribution in [1.29, 1.82) is 5.26 Å². The number of rotatable bonds is 3. The number of benzene rings is 2. The molecular weight excluding hydrogens is 338 g/mol. The Kier molecular flexibility index (Phi) is 4.73. The number of nitrogens with zero attached hydrogens (tertiary/aromatic N) is 2. The quantitative estimate of drug-likeness (QED) is 0.917. The van der Waals surface area contributed by atoms with Crippen molar-refractivity contribution >= 4 is 34.8 Å². The zero-order valence-corrected chi connectivity index (χ0v) is 14.4. The Morgan fingerprint density at radius 1 is 1.32 bits per heavy atom. The lowest BCUT2D eigenvalue weighted by Gasteiger charge is -2.17. The maximum absolute atomic E-state index is 12.5. The van der Waals surface area contributed by atoms with Gasteiger partial charge in [-0.05, 0) is 48.9 Å². The van der Waals surface area contributed by atoms with Crippen LogP contribution in [0.2, 0.25) is 5.02 Å². The molecule has 0 bridgehead atoms. The van der Waals surface area contributed by atoms with Crippen molar-refractivity contribution in [2.75, 3.05) is 16.8 Å². The molecule has 2 amide bonds. The summed E-state index contributed by atoms with van der Waals surface area (Å²) in [7, 11) is 0. The van der Waals surface area contributed by atoms with Crippen molar-refractivity contribution in [2.45, 2.75) is 13.3 Å². The predicted molar refractivity (Wildman–Crippen MR) is 96.4 cm³/mol. The van der Waals surface area contributed by atoms with Gasteiger partial charge >= 0.3 is 0 Å². The molecule has 1 aliphatic rings.